The number of hydrogen-bond acceptors (Lipinski definition) is 3. The Kier molecular flexibility index (Phi) is 4.66. The van der Waals surface area contributed by atoms with Gasteiger partial charge in [0.1, 0.15) is 0 Å². The molecule has 2 heterocycles. The number of ketones is 1. The molecule has 1 aromatic rings. The maximum absolute atomic E-state index is 12.7. The summed E-state index contributed by atoms with van der Waals surface area (Å²) in [4.78, 5) is 28.5. The van der Waals surface area contributed by atoms with E-state index in [-0.39, 0.29) is 17.9 Å². The molecular formula is C18H25N3O2. The van der Waals surface area contributed by atoms with E-state index in [1.165, 1.54) is 19.4 Å². The van der Waals surface area contributed by atoms with E-state index in [4.69, 9.17) is 0 Å². The van der Waals surface area contributed by atoms with Crippen LogP contribution in [-0.4, -0.2) is 53.3 Å². The van der Waals surface area contributed by atoms with Crippen molar-refractivity contribution in [1.82, 2.24) is 9.80 Å². The standard InChI is InChI=1S/C18H25N3O2/c1-3-16-11-20-10-4-5-17(20)12-21(16)18(23)19-15-8-6-14(7-9-15)13(2)22/h6-9,16-17H,3-5,10-12H2,1-2H3,(H,19,23)/t16-,17+/m0/s1. The predicted molar refractivity (Wildman–Crippen MR) is 90.8 cm³/mol. The summed E-state index contributed by atoms with van der Waals surface area (Å²) in [5.74, 6) is 0.0336. The first-order chi connectivity index (χ1) is 11.1. The number of urea groups is 1. The average Bonchev–Trinajstić information content (AvgIpc) is 3.01. The molecule has 2 aliphatic heterocycles. The largest absolute Gasteiger partial charge is 0.322 e. The second kappa shape index (κ2) is 6.71. The van der Waals surface area contributed by atoms with E-state index >= 15 is 0 Å². The first-order valence-corrected chi connectivity index (χ1v) is 8.51. The maximum Gasteiger partial charge on any atom is 0.322 e. The molecule has 0 spiro atoms. The fraction of sp³-hybridized carbons (Fsp3) is 0.556. The van der Waals surface area contributed by atoms with Gasteiger partial charge >= 0.3 is 6.03 Å². The Labute approximate surface area is 137 Å². The van der Waals surface area contributed by atoms with E-state index in [1.807, 2.05) is 4.90 Å². The molecule has 0 aromatic heterocycles. The van der Waals surface area contributed by atoms with Crippen molar-refractivity contribution in [3.05, 3.63) is 29.8 Å². The molecule has 2 fully saturated rings. The molecule has 0 bridgehead atoms. The van der Waals surface area contributed by atoms with E-state index < -0.39 is 0 Å². The molecule has 1 N–H and O–H groups in total. The van der Waals surface area contributed by atoms with Gasteiger partial charge in [0, 0.05) is 36.4 Å². The Morgan fingerprint density at radius 3 is 2.61 bits per heavy atom. The van der Waals surface area contributed by atoms with Gasteiger partial charge in [-0.25, -0.2) is 4.79 Å². The van der Waals surface area contributed by atoms with Crippen molar-refractivity contribution in [2.45, 2.75) is 45.2 Å². The van der Waals surface area contributed by atoms with Crippen LogP contribution in [0.3, 0.4) is 0 Å². The summed E-state index contributed by atoms with van der Waals surface area (Å²) in [6, 6.07) is 7.86. The molecule has 2 saturated heterocycles. The number of hydrogen-bond donors (Lipinski definition) is 1. The number of piperazine rings is 1. The molecule has 0 aliphatic carbocycles. The van der Waals surface area contributed by atoms with Crippen molar-refractivity contribution >= 4 is 17.5 Å². The Hall–Kier alpha value is -1.88. The zero-order valence-corrected chi connectivity index (χ0v) is 13.9. The smallest absolute Gasteiger partial charge is 0.319 e. The number of carbonyl (C=O) groups is 2. The average molecular weight is 315 g/mol. The zero-order chi connectivity index (χ0) is 16.4. The molecule has 1 aromatic carbocycles. The Morgan fingerprint density at radius 2 is 1.96 bits per heavy atom. The number of fused-ring (bicyclic) bond motifs is 1. The number of carbonyl (C=O) groups excluding carboxylic acids is 2. The van der Waals surface area contributed by atoms with Gasteiger partial charge in [-0.3, -0.25) is 9.69 Å². The molecule has 2 aliphatic rings. The third-order valence-corrected chi connectivity index (χ3v) is 5.07. The van der Waals surface area contributed by atoms with Gasteiger partial charge in [0.2, 0.25) is 0 Å². The number of anilines is 1. The Balaban J connectivity index is 1.67. The van der Waals surface area contributed by atoms with Crippen LogP contribution in [0.15, 0.2) is 24.3 Å². The number of rotatable bonds is 3. The molecule has 3 rings (SSSR count). The highest BCUT2D eigenvalue weighted by Crippen LogP contribution is 2.26. The molecule has 5 nitrogen and oxygen atoms in total. The highest BCUT2D eigenvalue weighted by atomic mass is 16.2. The van der Waals surface area contributed by atoms with E-state index in [0.717, 1.165) is 25.2 Å². The van der Waals surface area contributed by atoms with Crippen molar-refractivity contribution in [3.8, 4) is 0 Å². The van der Waals surface area contributed by atoms with E-state index in [1.54, 1.807) is 31.2 Å². The summed E-state index contributed by atoms with van der Waals surface area (Å²) in [5.41, 5.74) is 1.40. The lowest BCUT2D eigenvalue weighted by Crippen LogP contribution is -2.58. The minimum absolute atomic E-state index is 0.0287. The lowest BCUT2D eigenvalue weighted by atomic mass is 10.1. The number of Topliss-reactive ketones (excluding diaryl/α,β-unsaturated/α-hetero) is 1. The van der Waals surface area contributed by atoms with Crippen LogP contribution in [0.25, 0.3) is 0 Å². The second-order valence-electron chi connectivity index (χ2n) is 6.57. The van der Waals surface area contributed by atoms with Crippen LogP contribution in [0.5, 0.6) is 0 Å². The predicted octanol–water partition coefficient (Wildman–Crippen LogP) is 2.98. The highest BCUT2D eigenvalue weighted by Gasteiger charge is 2.37. The van der Waals surface area contributed by atoms with Gasteiger partial charge in [0.25, 0.3) is 0 Å². The summed E-state index contributed by atoms with van der Waals surface area (Å²) in [5, 5.41) is 2.98. The summed E-state index contributed by atoms with van der Waals surface area (Å²) in [6.45, 7) is 6.65. The molecular weight excluding hydrogens is 290 g/mol. The van der Waals surface area contributed by atoms with Crippen molar-refractivity contribution in [1.29, 1.82) is 0 Å². The summed E-state index contributed by atoms with van der Waals surface area (Å²) < 4.78 is 0. The van der Waals surface area contributed by atoms with Crippen molar-refractivity contribution in [2.75, 3.05) is 25.0 Å². The molecule has 0 saturated carbocycles. The van der Waals surface area contributed by atoms with Gasteiger partial charge in [-0.1, -0.05) is 6.92 Å². The topological polar surface area (TPSA) is 52.6 Å². The number of nitrogens with one attached hydrogen (secondary N) is 1. The van der Waals surface area contributed by atoms with Crippen LogP contribution in [0.2, 0.25) is 0 Å². The van der Waals surface area contributed by atoms with Crippen molar-refractivity contribution in [2.24, 2.45) is 0 Å². The highest BCUT2D eigenvalue weighted by molar-refractivity contribution is 5.95. The fourth-order valence-corrected chi connectivity index (χ4v) is 3.67. The third-order valence-electron chi connectivity index (χ3n) is 5.07. The quantitative estimate of drug-likeness (QED) is 0.873. The lowest BCUT2D eigenvalue weighted by molar-refractivity contribution is 0.0767. The Morgan fingerprint density at radius 1 is 1.22 bits per heavy atom. The molecule has 2 amide bonds. The van der Waals surface area contributed by atoms with Gasteiger partial charge in [-0.15, -0.1) is 0 Å². The minimum Gasteiger partial charge on any atom is -0.319 e. The molecule has 5 heteroatoms. The maximum atomic E-state index is 12.7. The van der Waals surface area contributed by atoms with E-state index in [2.05, 4.69) is 17.1 Å². The summed E-state index contributed by atoms with van der Waals surface area (Å²) >= 11 is 0. The second-order valence-corrected chi connectivity index (χ2v) is 6.57. The summed E-state index contributed by atoms with van der Waals surface area (Å²) in [7, 11) is 0. The fourth-order valence-electron chi connectivity index (χ4n) is 3.67. The van der Waals surface area contributed by atoms with Gasteiger partial charge in [0.05, 0.1) is 0 Å². The van der Waals surface area contributed by atoms with Crippen LogP contribution in [-0.2, 0) is 0 Å². The number of benzene rings is 1. The first-order valence-electron chi connectivity index (χ1n) is 8.51. The van der Waals surface area contributed by atoms with Crippen LogP contribution in [0.1, 0.15) is 43.5 Å². The van der Waals surface area contributed by atoms with Gasteiger partial charge in [-0.2, -0.15) is 0 Å². The molecule has 2 atom stereocenters. The Bertz CT molecular complexity index is 584. The molecule has 0 unspecified atom stereocenters. The van der Waals surface area contributed by atoms with Gasteiger partial charge < -0.3 is 10.2 Å². The molecule has 0 radical (unpaired) electrons. The minimum atomic E-state index is -0.0287. The SMILES string of the molecule is CC[C@H]1CN2CCC[C@@H]2CN1C(=O)Nc1ccc(C(C)=O)cc1. The van der Waals surface area contributed by atoms with Crippen molar-refractivity contribution in [3.63, 3.8) is 0 Å². The normalized spacial score (nSPS) is 24.3. The first kappa shape index (κ1) is 16.0. The lowest BCUT2D eigenvalue weighted by Gasteiger charge is -2.43. The van der Waals surface area contributed by atoms with Gasteiger partial charge in [-0.05, 0) is 57.0 Å². The number of nitrogens with zero attached hydrogens (tertiary/aromatic N) is 2. The van der Waals surface area contributed by atoms with E-state index in [9.17, 15) is 9.59 Å². The monoisotopic (exact) mass is 315 g/mol. The number of amides is 2. The summed E-state index contributed by atoms with van der Waals surface area (Å²) in [6.07, 6.45) is 3.40. The van der Waals surface area contributed by atoms with Crippen molar-refractivity contribution < 1.29 is 9.59 Å². The van der Waals surface area contributed by atoms with E-state index in [0.29, 0.717) is 11.6 Å². The van der Waals surface area contributed by atoms with Gasteiger partial charge in [0.15, 0.2) is 5.78 Å². The van der Waals surface area contributed by atoms with Crippen LogP contribution < -0.4 is 5.32 Å². The molecule has 23 heavy (non-hydrogen) atoms. The zero-order valence-electron chi connectivity index (χ0n) is 13.9. The van der Waals surface area contributed by atoms with Crippen LogP contribution in [0, 0.1) is 0 Å². The van der Waals surface area contributed by atoms with Crippen LogP contribution in [0.4, 0.5) is 10.5 Å². The third kappa shape index (κ3) is 3.39. The van der Waals surface area contributed by atoms with Crippen LogP contribution >= 0.6 is 0 Å². The molecule has 124 valence electrons.